The van der Waals surface area contributed by atoms with Gasteiger partial charge >= 0.3 is 5.97 Å². The first-order valence-electron chi connectivity index (χ1n) is 10.8. The van der Waals surface area contributed by atoms with Crippen LogP contribution in [0.2, 0.25) is 0 Å². The predicted octanol–water partition coefficient (Wildman–Crippen LogP) is 3.49. The van der Waals surface area contributed by atoms with Crippen molar-refractivity contribution in [1.82, 2.24) is 15.2 Å². The number of allylic oxidation sites excluding steroid dienone is 1. The number of ether oxygens (including phenoxy) is 1. The van der Waals surface area contributed by atoms with Gasteiger partial charge in [0.2, 0.25) is 5.91 Å². The Morgan fingerprint density at radius 1 is 1.23 bits per heavy atom. The van der Waals surface area contributed by atoms with Crippen LogP contribution in [0.1, 0.15) is 30.6 Å². The van der Waals surface area contributed by atoms with Gasteiger partial charge in [-0.15, -0.1) is 0 Å². The number of hydrogen-bond donors (Lipinski definition) is 1. The number of aromatic nitrogens is 1. The van der Waals surface area contributed by atoms with Crippen molar-refractivity contribution in [3.05, 3.63) is 92.4 Å². The van der Waals surface area contributed by atoms with Crippen LogP contribution in [0, 0.1) is 10.1 Å². The second kappa shape index (κ2) is 10.5. The van der Waals surface area contributed by atoms with Gasteiger partial charge in [0.1, 0.15) is 0 Å². The molecule has 0 saturated heterocycles. The van der Waals surface area contributed by atoms with E-state index in [1.165, 1.54) is 31.0 Å². The monoisotopic (exact) mass is 493 g/mol. The van der Waals surface area contributed by atoms with Gasteiger partial charge in [-0.3, -0.25) is 19.9 Å². The third-order valence-electron chi connectivity index (χ3n) is 5.60. The maximum Gasteiger partial charge on any atom is 0.338 e. The van der Waals surface area contributed by atoms with Crippen molar-refractivity contribution in [3.8, 4) is 0 Å². The van der Waals surface area contributed by atoms with Crippen LogP contribution < -0.4 is 5.32 Å². The Morgan fingerprint density at radius 3 is 2.66 bits per heavy atom. The summed E-state index contributed by atoms with van der Waals surface area (Å²) in [5.41, 5.74) is 2.95. The minimum atomic E-state index is -0.640. The molecule has 0 saturated carbocycles. The Bertz CT molecular complexity index is 1240. The molecule has 0 fully saturated rings. The summed E-state index contributed by atoms with van der Waals surface area (Å²) >= 11 is 1.36. The average Bonchev–Trinajstić information content (AvgIpc) is 3.25. The van der Waals surface area contributed by atoms with E-state index in [0.717, 1.165) is 5.69 Å². The minimum Gasteiger partial charge on any atom is -0.466 e. The smallest absolute Gasteiger partial charge is 0.338 e. The zero-order valence-corrected chi connectivity index (χ0v) is 19.9. The van der Waals surface area contributed by atoms with E-state index < -0.39 is 16.9 Å². The summed E-state index contributed by atoms with van der Waals surface area (Å²) in [4.78, 5) is 46.7. The van der Waals surface area contributed by atoms with E-state index in [9.17, 15) is 19.7 Å². The largest absolute Gasteiger partial charge is 0.466 e. The van der Waals surface area contributed by atoms with E-state index in [1.807, 2.05) is 28.5 Å². The van der Waals surface area contributed by atoms with Crippen LogP contribution in [0.15, 0.2) is 76.0 Å². The SMILES string of the molecule is COC(=O)C1=C(C)N=C2SC=C(CC(=O)NCCc3ccccn3)N2[C@@H]1c1ccc([N+](=O)[O-])cc1. The van der Waals surface area contributed by atoms with Crippen LogP contribution in [0.4, 0.5) is 5.69 Å². The van der Waals surface area contributed by atoms with E-state index >= 15 is 0 Å². The van der Waals surface area contributed by atoms with Crippen molar-refractivity contribution in [2.45, 2.75) is 25.8 Å². The standard InChI is InChI=1S/C24H23N5O5S/c1-15-21(23(31)34-2)22(16-6-8-18(9-7-16)29(32)33)28-19(14-35-24(28)27-15)13-20(30)26-12-10-17-5-3-4-11-25-17/h3-9,11,14,22H,10,12-13H2,1-2H3,(H,26,30)/t22-/m1/s1. The van der Waals surface area contributed by atoms with E-state index in [-0.39, 0.29) is 18.0 Å². The van der Waals surface area contributed by atoms with Crippen molar-refractivity contribution < 1.29 is 19.2 Å². The van der Waals surface area contributed by atoms with Crippen molar-refractivity contribution in [2.24, 2.45) is 4.99 Å². The van der Waals surface area contributed by atoms with Gasteiger partial charge < -0.3 is 15.0 Å². The molecule has 1 aromatic heterocycles. The minimum absolute atomic E-state index is 0.0578. The highest BCUT2D eigenvalue weighted by Crippen LogP contribution is 2.44. The number of benzene rings is 1. The molecule has 4 rings (SSSR count). The number of esters is 1. The van der Waals surface area contributed by atoms with Crippen LogP contribution in [0.3, 0.4) is 0 Å². The van der Waals surface area contributed by atoms with Crippen LogP contribution in [0.5, 0.6) is 0 Å². The molecule has 1 atom stereocenters. The topological polar surface area (TPSA) is 127 Å². The quantitative estimate of drug-likeness (QED) is 0.336. The molecule has 0 spiro atoms. The molecule has 1 N–H and O–H groups in total. The highest BCUT2D eigenvalue weighted by molar-refractivity contribution is 8.16. The number of carbonyl (C=O) groups excluding carboxylic acids is 2. The molecule has 0 unspecified atom stereocenters. The number of fused-ring (bicyclic) bond motifs is 1. The number of aliphatic imine (C=N–C) groups is 1. The first kappa shape index (κ1) is 24.1. The van der Waals surface area contributed by atoms with Crippen LogP contribution in [-0.4, -0.2) is 45.5 Å². The fourth-order valence-electron chi connectivity index (χ4n) is 3.94. The molecule has 3 heterocycles. The summed E-state index contributed by atoms with van der Waals surface area (Å²) in [5, 5.41) is 16.5. The Morgan fingerprint density at radius 2 is 2.00 bits per heavy atom. The number of hydrogen-bond acceptors (Lipinski definition) is 9. The van der Waals surface area contributed by atoms with Gasteiger partial charge in [-0.25, -0.2) is 9.79 Å². The van der Waals surface area contributed by atoms with Crippen molar-refractivity contribution in [2.75, 3.05) is 13.7 Å². The molecule has 2 aromatic rings. The zero-order chi connectivity index (χ0) is 24.9. The summed E-state index contributed by atoms with van der Waals surface area (Å²) < 4.78 is 5.02. The number of nitro benzene ring substituents is 1. The summed E-state index contributed by atoms with van der Waals surface area (Å²) in [5.74, 6) is -0.730. The lowest BCUT2D eigenvalue weighted by molar-refractivity contribution is -0.384. The number of carbonyl (C=O) groups is 2. The molecular weight excluding hydrogens is 470 g/mol. The van der Waals surface area contributed by atoms with Gasteiger partial charge in [0.15, 0.2) is 5.17 Å². The van der Waals surface area contributed by atoms with Gasteiger partial charge in [0.25, 0.3) is 5.69 Å². The van der Waals surface area contributed by atoms with Crippen molar-refractivity contribution in [3.63, 3.8) is 0 Å². The maximum absolute atomic E-state index is 12.7. The molecule has 35 heavy (non-hydrogen) atoms. The van der Waals surface area contributed by atoms with E-state index in [4.69, 9.17) is 4.74 Å². The number of nitrogens with zero attached hydrogens (tertiary/aromatic N) is 4. The third kappa shape index (κ3) is 5.24. The van der Waals surface area contributed by atoms with Gasteiger partial charge in [-0.05, 0) is 42.2 Å². The fraction of sp³-hybridized carbons (Fsp3) is 0.250. The van der Waals surface area contributed by atoms with E-state index in [1.54, 1.807) is 25.3 Å². The Kier molecular flexibility index (Phi) is 7.25. The summed E-state index contributed by atoms with van der Waals surface area (Å²) in [7, 11) is 1.29. The second-order valence-corrected chi connectivity index (χ2v) is 8.67. The Labute approximate surface area is 205 Å². The summed E-state index contributed by atoms with van der Waals surface area (Å²) in [6.45, 7) is 2.16. The highest BCUT2D eigenvalue weighted by atomic mass is 32.2. The van der Waals surface area contributed by atoms with E-state index in [2.05, 4.69) is 15.3 Å². The molecule has 10 nitrogen and oxygen atoms in total. The highest BCUT2D eigenvalue weighted by Gasteiger charge is 2.41. The van der Waals surface area contributed by atoms with Crippen LogP contribution in [0.25, 0.3) is 0 Å². The number of non-ortho nitro benzene ring substituents is 1. The van der Waals surface area contributed by atoms with Crippen LogP contribution >= 0.6 is 11.8 Å². The number of rotatable bonds is 8. The lowest BCUT2D eigenvalue weighted by atomic mass is 9.93. The summed E-state index contributed by atoms with van der Waals surface area (Å²) in [6.07, 6.45) is 2.39. The molecular formula is C24H23N5O5S. The van der Waals surface area contributed by atoms with E-state index in [0.29, 0.717) is 40.7 Å². The normalized spacial score (nSPS) is 16.9. The first-order chi connectivity index (χ1) is 16.9. The second-order valence-electron chi connectivity index (χ2n) is 7.83. The van der Waals surface area contributed by atoms with Gasteiger partial charge in [-0.2, -0.15) is 0 Å². The lowest BCUT2D eigenvalue weighted by Crippen LogP contribution is -2.38. The number of amides is 1. The average molecular weight is 494 g/mol. The third-order valence-corrected chi connectivity index (χ3v) is 6.49. The number of pyridine rings is 1. The summed E-state index contributed by atoms with van der Waals surface area (Å²) in [6, 6.07) is 11.0. The Hall–Kier alpha value is -3.99. The van der Waals surface area contributed by atoms with Gasteiger partial charge in [-0.1, -0.05) is 17.8 Å². The molecule has 1 amide bonds. The number of thioether (sulfide) groups is 1. The van der Waals surface area contributed by atoms with Gasteiger partial charge in [0.05, 0.1) is 35.8 Å². The predicted molar refractivity (Wildman–Crippen MR) is 131 cm³/mol. The fourth-order valence-corrected chi connectivity index (χ4v) is 4.90. The molecule has 1 aromatic carbocycles. The zero-order valence-electron chi connectivity index (χ0n) is 19.1. The lowest BCUT2D eigenvalue weighted by Gasteiger charge is -2.36. The van der Waals surface area contributed by atoms with Crippen molar-refractivity contribution >= 4 is 34.5 Å². The molecule has 0 bridgehead atoms. The first-order valence-corrected chi connectivity index (χ1v) is 11.7. The number of nitro groups is 1. The Balaban J connectivity index is 1.56. The molecule has 0 aliphatic carbocycles. The van der Waals surface area contributed by atoms with Crippen molar-refractivity contribution in [1.29, 1.82) is 0 Å². The van der Waals surface area contributed by atoms with Crippen LogP contribution in [-0.2, 0) is 20.7 Å². The number of nitrogens with one attached hydrogen (secondary N) is 1. The molecule has 0 radical (unpaired) electrons. The molecule has 2 aliphatic heterocycles. The number of amidine groups is 1. The molecule has 2 aliphatic rings. The molecule has 11 heteroatoms. The number of methoxy groups -OCH3 is 1. The maximum atomic E-state index is 12.7. The molecule has 180 valence electrons. The van der Waals surface area contributed by atoms with Gasteiger partial charge in [0, 0.05) is 42.7 Å².